The molecule has 0 aromatic heterocycles. The van der Waals surface area contributed by atoms with E-state index in [1.54, 1.807) is 0 Å². The van der Waals surface area contributed by atoms with Gasteiger partial charge in [0, 0.05) is 18.6 Å². The molecule has 1 aliphatic heterocycles. The quantitative estimate of drug-likeness (QED) is 0.647. The van der Waals surface area contributed by atoms with Crippen molar-refractivity contribution in [3.05, 3.63) is 35.1 Å². The van der Waals surface area contributed by atoms with Gasteiger partial charge in [0.05, 0.1) is 5.56 Å². The number of hydrogen-bond acceptors (Lipinski definition) is 2. The molecule has 2 bridgehead atoms. The third kappa shape index (κ3) is 3.71. The van der Waals surface area contributed by atoms with Crippen LogP contribution in [0, 0.1) is 22.6 Å². The number of rotatable bonds is 4. The molecule has 3 atom stereocenters. The molecule has 0 spiro atoms. The molecule has 3 aliphatic rings. The summed E-state index contributed by atoms with van der Waals surface area (Å²) in [5, 5.41) is 3.94. The van der Waals surface area contributed by atoms with E-state index in [1.165, 1.54) is 25.3 Å². The van der Waals surface area contributed by atoms with Crippen molar-refractivity contribution in [2.45, 2.75) is 77.7 Å². The van der Waals surface area contributed by atoms with Crippen LogP contribution in [0.15, 0.2) is 18.2 Å². The highest BCUT2D eigenvalue weighted by atomic mass is 19.4. The Morgan fingerprint density at radius 3 is 2.34 bits per heavy atom. The number of likely N-dealkylation sites (tertiary alicyclic amines) is 1. The highest BCUT2D eigenvalue weighted by Crippen LogP contribution is 2.65. The highest BCUT2D eigenvalue weighted by molar-refractivity contribution is 5.27. The Morgan fingerprint density at radius 2 is 1.79 bits per heavy atom. The van der Waals surface area contributed by atoms with E-state index in [9.17, 15) is 17.6 Å². The molecule has 0 radical (unpaired) electrons. The lowest BCUT2D eigenvalue weighted by atomic mass is 9.69. The fourth-order valence-electron chi connectivity index (χ4n) is 6.14. The number of alkyl halides is 3. The van der Waals surface area contributed by atoms with Gasteiger partial charge in [-0.25, -0.2) is 4.39 Å². The van der Waals surface area contributed by atoms with Crippen molar-refractivity contribution in [1.29, 1.82) is 0 Å². The van der Waals surface area contributed by atoms with Gasteiger partial charge in [-0.15, -0.1) is 0 Å². The van der Waals surface area contributed by atoms with E-state index in [1.807, 2.05) is 0 Å². The van der Waals surface area contributed by atoms with Gasteiger partial charge in [-0.3, -0.25) is 4.90 Å². The fraction of sp³-hybridized carbons (Fsp3) is 0.739. The van der Waals surface area contributed by atoms with Crippen LogP contribution in [0.3, 0.4) is 0 Å². The molecule has 2 saturated carbocycles. The van der Waals surface area contributed by atoms with Crippen LogP contribution in [0.5, 0.6) is 0 Å². The van der Waals surface area contributed by atoms with Crippen LogP contribution in [0.4, 0.5) is 17.6 Å². The normalized spacial score (nSPS) is 32.8. The van der Waals surface area contributed by atoms with Crippen LogP contribution in [-0.2, 0) is 12.7 Å². The summed E-state index contributed by atoms with van der Waals surface area (Å²) in [6.07, 6.45) is 1.27. The molecule has 6 heteroatoms. The number of piperidine rings is 1. The summed E-state index contributed by atoms with van der Waals surface area (Å²) in [5.41, 5.74) is 0.104. The molecular weight excluding hydrogens is 380 g/mol. The predicted molar refractivity (Wildman–Crippen MR) is 106 cm³/mol. The summed E-state index contributed by atoms with van der Waals surface area (Å²) in [5.74, 6) is -0.391. The van der Waals surface area contributed by atoms with Crippen LogP contribution >= 0.6 is 0 Å². The number of halogens is 4. The summed E-state index contributed by atoms with van der Waals surface area (Å²) < 4.78 is 52.3. The summed E-state index contributed by atoms with van der Waals surface area (Å²) in [6.45, 7) is 9.44. The van der Waals surface area contributed by atoms with Gasteiger partial charge >= 0.3 is 6.18 Å². The van der Waals surface area contributed by atoms with Crippen LogP contribution in [0.25, 0.3) is 0 Å². The molecule has 3 fully saturated rings. The van der Waals surface area contributed by atoms with Crippen molar-refractivity contribution in [1.82, 2.24) is 10.2 Å². The number of hydrogen-bond donors (Lipinski definition) is 1. The van der Waals surface area contributed by atoms with Crippen molar-refractivity contribution >= 4 is 0 Å². The van der Waals surface area contributed by atoms with Gasteiger partial charge < -0.3 is 5.32 Å². The zero-order chi connectivity index (χ0) is 21.0. The maximum absolute atomic E-state index is 13.5. The maximum atomic E-state index is 13.5. The Bertz CT molecular complexity index is 752. The largest absolute Gasteiger partial charge is 0.419 e. The number of nitrogens with one attached hydrogen (secondary N) is 1. The van der Waals surface area contributed by atoms with Crippen molar-refractivity contribution < 1.29 is 17.6 Å². The molecule has 0 unspecified atom stereocenters. The molecule has 162 valence electrons. The first-order valence-electron chi connectivity index (χ1n) is 10.8. The third-order valence-electron chi connectivity index (χ3n) is 8.56. The number of nitrogens with zero attached hydrogens (tertiary/aromatic N) is 1. The second-order valence-corrected chi connectivity index (χ2v) is 10.2. The van der Waals surface area contributed by atoms with Gasteiger partial charge in [0.25, 0.3) is 0 Å². The molecule has 4 rings (SSSR count). The van der Waals surface area contributed by atoms with Crippen molar-refractivity contribution in [2.24, 2.45) is 16.7 Å². The van der Waals surface area contributed by atoms with E-state index >= 15 is 0 Å². The second-order valence-electron chi connectivity index (χ2n) is 10.2. The average molecular weight is 413 g/mol. The average Bonchev–Trinajstić information content (AvgIpc) is 2.97. The van der Waals surface area contributed by atoms with E-state index in [-0.39, 0.29) is 0 Å². The molecule has 29 heavy (non-hydrogen) atoms. The molecule has 1 saturated heterocycles. The predicted octanol–water partition coefficient (Wildman–Crippen LogP) is 5.61. The monoisotopic (exact) mass is 412 g/mol. The molecule has 1 aromatic rings. The molecule has 2 nitrogen and oxygen atoms in total. The topological polar surface area (TPSA) is 15.3 Å². The van der Waals surface area contributed by atoms with E-state index in [0.717, 1.165) is 44.0 Å². The smallest absolute Gasteiger partial charge is 0.311 e. The fourth-order valence-corrected chi connectivity index (χ4v) is 6.14. The molecule has 0 amide bonds. The Morgan fingerprint density at radius 1 is 1.10 bits per heavy atom. The lowest BCUT2D eigenvalue weighted by Gasteiger charge is -2.42. The van der Waals surface area contributed by atoms with Crippen molar-refractivity contribution in [3.63, 3.8) is 0 Å². The minimum absolute atomic E-state index is 0.358. The Balaban J connectivity index is 1.32. The van der Waals surface area contributed by atoms with Crippen molar-refractivity contribution in [2.75, 3.05) is 13.1 Å². The number of benzene rings is 1. The Kier molecular flexibility index (Phi) is 5.26. The zero-order valence-electron chi connectivity index (χ0n) is 17.6. The van der Waals surface area contributed by atoms with Crippen LogP contribution in [-0.4, -0.2) is 30.1 Å². The summed E-state index contributed by atoms with van der Waals surface area (Å²) >= 11 is 0. The lowest BCUT2D eigenvalue weighted by Crippen LogP contribution is -2.51. The summed E-state index contributed by atoms with van der Waals surface area (Å²) in [4.78, 5) is 2.18. The molecular formula is C23H32F4N2. The third-order valence-corrected chi connectivity index (χ3v) is 8.56. The van der Waals surface area contributed by atoms with E-state index < -0.39 is 17.6 Å². The minimum atomic E-state index is -4.65. The van der Waals surface area contributed by atoms with Gasteiger partial charge in [0.1, 0.15) is 5.82 Å². The van der Waals surface area contributed by atoms with Crippen LogP contribution in [0.1, 0.15) is 64.0 Å². The lowest BCUT2D eigenvalue weighted by molar-refractivity contribution is -0.140. The molecule has 2 aliphatic carbocycles. The molecule has 1 N–H and O–H groups in total. The Labute approximate surface area is 171 Å². The SMILES string of the molecule is CC1(C)[C@@H]2CC[C@@]1(C)[C@H](NC1CCN(Cc3ccc(F)c(C(F)(F)F)c3)CC1)C2. The van der Waals surface area contributed by atoms with Gasteiger partial charge in [0.15, 0.2) is 0 Å². The first kappa shape index (κ1) is 21.1. The number of fused-ring (bicyclic) bond motifs is 2. The maximum Gasteiger partial charge on any atom is 0.419 e. The van der Waals surface area contributed by atoms with Gasteiger partial charge in [-0.2, -0.15) is 13.2 Å². The molecule has 1 aromatic carbocycles. The summed E-state index contributed by atoms with van der Waals surface area (Å²) in [7, 11) is 0. The van der Waals surface area contributed by atoms with Gasteiger partial charge in [0.2, 0.25) is 0 Å². The van der Waals surface area contributed by atoms with Gasteiger partial charge in [-0.1, -0.05) is 26.8 Å². The van der Waals surface area contributed by atoms with E-state index in [4.69, 9.17) is 0 Å². The first-order valence-corrected chi connectivity index (χ1v) is 10.8. The van der Waals surface area contributed by atoms with Crippen LogP contribution in [0.2, 0.25) is 0 Å². The first-order chi connectivity index (χ1) is 13.5. The summed E-state index contributed by atoms with van der Waals surface area (Å²) in [6, 6.07) is 4.40. The minimum Gasteiger partial charge on any atom is -0.311 e. The zero-order valence-corrected chi connectivity index (χ0v) is 17.6. The van der Waals surface area contributed by atoms with E-state index in [2.05, 4.69) is 31.0 Å². The Hall–Kier alpha value is -1.14. The second kappa shape index (κ2) is 7.23. The standard InChI is InChI=1S/C23H32F4N2/c1-21(2)16-6-9-22(21,3)20(13-16)28-17-7-10-29(11-8-17)14-15-4-5-19(24)18(12-15)23(25,26)27/h4-5,12,16-17,20,28H,6-11,13-14H2,1-3H3/t16-,20-,22+/m1/s1. The van der Waals surface area contributed by atoms with E-state index in [0.29, 0.717) is 35.0 Å². The van der Waals surface area contributed by atoms with Crippen LogP contribution < -0.4 is 5.32 Å². The van der Waals surface area contributed by atoms with Gasteiger partial charge in [-0.05, 0) is 79.6 Å². The highest BCUT2D eigenvalue weighted by Gasteiger charge is 2.61. The van der Waals surface area contributed by atoms with Crippen molar-refractivity contribution in [3.8, 4) is 0 Å². The molecule has 1 heterocycles.